The van der Waals surface area contributed by atoms with E-state index >= 15 is 0 Å². The van der Waals surface area contributed by atoms with E-state index in [4.69, 9.17) is 0 Å². The fourth-order valence-electron chi connectivity index (χ4n) is 2.83. The Hall–Kier alpha value is -0.0800. The molecule has 2 rings (SSSR count). The average molecular weight is 224 g/mol. The van der Waals surface area contributed by atoms with Crippen LogP contribution in [0.2, 0.25) is 0 Å². The molecule has 0 amide bonds. The number of piperidine rings is 1. The summed E-state index contributed by atoms with van der Waals surface area (Å²) in [7, 11) is 0. The minimum Gasteiger partial charge on any atom is -0.316 e. The summed E-state index contributed by atoms with van der Waals surface area (Å²) in [6, 6.07) is 0.708. The van der Waals surface area contributed by atoms with Crippen molar-refractivity contribution in [2.45, 2.75) is 52.5 Å². The van der Waals surface area contributed by atoms with Gasteiger partial charge in [0.25, 0.3) is 0 Å². The van der Waals surface area contributed by atoms with Crippen molar-refractivity contribution in [1.29, 1.82) is 0 Å². The molecule has 2 fully saturated rings. The first kappa shape index (κ1) is 12.4. The fraction of sp³-hybridized carbons (Fsp3) is 1.00. The molecule has 16 heavy (non-hydrogen) atoms. The van der Waals surface area contributed by atoms with E-state index in [-0.39, 0.29) is 0 Å². The topological polar surface area (TPSA) is 15.3 Å². The standard InChI is InChI=1S/C14H28N2/c1-12(2)16(9-13-5-6-13)11-14(3)7-4-8-15-10-14/h12-13,15H,4-11H2,1-3H3. The van der Waals surface area contributed by atoms with Gasteiger partial charge in [-0.15, -0.1) is 0 Å². The lowest BCUT2D eigenvalue weighted by atomic mass is 9.82. The minimum absolute atomic E-state index is 0.511. The molecule has 94 valence electrons. The third kappa shape index (κ3) is 3.46. The monoisotopic (exact) mass is 224 g/mol. The van der Waals surface area contributed by atoms with Gasteiger partial charge in [0.1, 0.15) is 0 Å². The molecule has 1 unspecified atom stereocenters. The van der Waals surface area contributed by atoms with Gasteiger partial charge >= 0.3 is 0 Å². The molecule has 0 aromatic heterocycles. The summed E-state index contributed by atoms with van der Waals surface area (Å²) in [5.74, 6) is 1.02. The second-order valence-electron chi connectivity index (χ2n) is 6.56. The minimum atomic E-state index is 0.511. The molecule has 1 N–H and O–H groups in total. The summed E-state index contributed by atoms with van der Waals surface area (Å²) >= 11 is 0. The van der Waals surface area contributed by atoms with Crippen molar-refractivity contribution >= 4 is 0 Å². The largest absolute Gasteiger partial charge is 0.316 e. The molecular formula is C14H28N2. The average Bonchev–Trinajstić information content (AvgIpc) is 3.01. The molecule has 1 atom stereocenters. The quantitative estimate of drug-likeness (QED) is 0.772. The number of nitrogens with one attached hydrogen (secondary N) is 1. The maximum Gasteiger partial charge on any atom is 0.00503 e. The van der Waals surface area contributed by atoms with Crippen LogP contribution in [-0.4, -0.2) is 37.1 Å². The molecule has 2 aliphatic rings. The third-order valence-corrected chi connectivity index (χ3v) is 4.19. The van der Waals surface area contributed by atoms with E-state index in [1.165, 1.54) is 51.9 Å². The van der Waals surface area contributed by atoms with Crippen molar-refractivity contribution in [2.75, 3.05) is 26.2 Å². The summed E-state index contributed by atoms with van der Waals surface area (Å²) in [5, 5.41) is 3.56. The van der Waals surface area contributed by atoms with E-state index in [1.54, 1.807) is 0 Å². The van der Waals surface area contributed by atoms with E-state index < -0.39 is 0 Å². The van der Waals surface area contributed by atoms with E-state index in [0.717, 1.165) is 5.92 Å². The Labute approximate surface area is 101 Å². The molecule has 0 bridgehead atoms. The normalized spacial score (nSPS) is 31.3. The van der Waals surface area contributed by atoms with E-state index in [0.29, 0.717) is 11.5 Å². The third-order valence-electron chi connectivity index (χ3n) is 4.19. The van der Waals surface area contributed by atoms with E-state index in [2.05, 4.69) is 31.0 Å². The van der Waals surface area contributed by atoms with Crippen molar-refractivity contribution in [3.05, 3.63) is 0 Å². The zero-order valence-electron chi connectivity index (χ0n) is 11.3. The van der Waals surface area contributed by atoms with E-state index in [1.807, 2.05) is 0 Å². The fourth-order valence-corrected chi connectivity index (χ4v) is 2.83. The van der Waals surface area contributed by atoms with Gasteiger partial charge in [0.05, 0.1) is 0 Å². The number of nitrogens with zero attached hydrogens (tertiary/aromatic N) is 1. The highest BCUT2D eigenvalue weighted by Gasteiger charge is 2.32. The van der Waals surface area contributed by atoms with Crippen LogP contribution in [0.5, 0.6) is 0 Å². The second kappa shape index (κ2) is 5.05. The Kier molecular flexibility index (Phi) is 3.91. The van der Waals surface area contributed by atoms with Crippen LogP contribution in [0, 0.1) is 11.3 Å². The molecule has 2 nitrogen and oxygen atoms in total. The first-order valence-electron chi connectivity index (χ1n) is 7.04. The molecule has 2 heteroatoms. The zero-order valence-corrected chi connectivity index (χ0v) is 11.3. The second-order valence-corrected chi connectivity index (χ2v) is 6.56. The highest BCUT2D eigenvalue weighted by Crippen LogP contribution is 2.33. The highest BCUT2D eigenvalue weighted by atomic mass is 15.2. The van der Waals surface area contributed by atoms with Crippen LogP contribution in [0.25, 0.3) is 0 Å². The molecule has 1 saturated heterocycles. The van der Waals surface area contributed by atoms with Crippen LogP contribution in [0.3, 0.4) is 0 Å². The molecule has 0 radical (unpaired) electrons. The maximum atomic E-state index is 3.56. The van der Waals surface area contributed by atoms with Gasteiger partial charge in [-0.3, -0.25) is 0 Å². The molecule has 1 heterocycles. The molecule has 1 aliphatic carbocycles. The summed E-state index contributed by atoms with van der Waals surface area (Å²) in [6.07, 6.45) is 5.69. The first-order valence-corrected chi connectivity index (χ1v) is 7.04. The maximum absolute atomic E-state index is 3.56. The number of rotatable bonds is 5. The molecule has 1 saturated carbocycles. The lowest BCUT2D eigenvalue weighted by Gasteiger charge is -2.40. The SMILES string of the molecule is CC(C)N(CC1CC1)CC1(C)CCCNC1. The Balaban J connectivity index is 1.87. The van der Waals surface area contributed by atoms with Crippen LogP contribution in [0.15, 0.2) is 0 Å². The number of hydrogen-bond donors (Lipinski definition) is 1. The van der Waals surface area contributed by atoms with Crippen molar-refractivity contribution < 1.29 is 0 Å². The Bertz CT molecular complexity index is 215. The molecular weight excluding hydrogens is 196 g/mol. The van der Waals surface area contributed by atoms with Gasteiger partial charge in [0.15, 0.2) is 0 Å². The summed E-state index contributed by atoms with van der Waals surface area (Å²) in [5.41, 5.74) is 0.511. The number of hydrogen-bond acceptors (Lipinski definition) is 2. The highest BCUT2D eigenvalue weighted by molar-refractivity contribution is 4.87. The van der Waals surface area contributed by atoms with Crippen LogP contribution in [-0.2, 0) is 0 Å². The zero-order chi connectivity index (χ0) is 11.6. The van der Waals surface area contributed by atoms with Gasteiger partial charge in [-0.2, -0.15) is 0 Å². The van der Waals surface area contributed by atoms with Gasteiger partial charge in [0, 0.05) is 25.7 Å². The molecule has 0 spiro atoms. The summed E-state index contributed by atoms with van der Waals surface area (Å²) in [6.45, 7) is 12.2. The van der Waals surface area contributed by atoms with Crippen molar-refractivity contribution in [1.82, 2.24) is 10.2 Å². The Morgan fingerprint density at radius 2 is 2.12 bits per heavy atom. The molecule has 1 aliphatic heterocycles. The van der Waals surface area contributed by atoms with Crippen LogP contribution >= 0.6 is 0 Å². The van der Waals surface area contributed by atoms with Crippen LogP contribution < -0.4 is 5.32 Å². The smallest absolute Gasteiger partial charge is 0.00503 e. The Morgan fingerprint density at radius 3 is 2.62 bits per heavy atom. The molecule has 0 aromatic carbocycles. The first-order chi connectivity index (χ1) is 7.59. The van der Waals surface area contributed by atoms with Crippen LogP contribution in [0.1, 0.15) is 46.5 Å². The lowest BCUT2D eigenvalue weighted by molar-refractivity contribution is 0.105. The van der Waals surface area contributed by atoms with Gasteiger partial charge in [-0.1, -0.05) is 6.92 Å². The van der Waals surface area contributed by atoms with Crippen LogP contribution in [0.4, 0.5) is 0 Å². The predicted octanol–water partition coefficient (Wildman–Crippen LogP) is 2.50. The lowest BCUT2D eigenvalue weighted by Crippen LogP contribution is -2.48. The van der Waals surface area contributed by atoms with Crippen molar-refractivity contribution in [2.24, 2.45) is 11.3 Å². The van der Waals surface area contributed by atoms with Gasteiger partial charge in [-0.25, -0.2) is 0 Å². The predicted molar refractivity (Wildman–Crippen MR) is 69.6 cm³/mol. The van der Waals surface area contributed by atoms with Crippen molar-refractivity contribution in [3.63, 3.8) is 0 Å². The summed E-state index contributed by atoms with van der Waals surface area (Å²) in [4.78, 5) is 2.71. The van der Waals surface area contributed by atoms with E-state index in [9.17, 15) is 0 Å². The summed E-state index contributed by atoms with van der Waals surface area (Å²) < 4.78 is 0. The van der Waals surface area contributed by atoms with Crippen molar-refractivity contribution in [3.8, 4) is 0 Å². The Morgan fingerprint density at radius 1 is 1.38 bits per heavy atom. The van der Waals surface area contributed by atoms with Gasteiger partial charge in [-0.05, 0) is 57.4 Å². The molecule has 0 aromatic rings. The van der Waals surface area contributed by atoms with Gasteiger partial charge in [0.2, 0.25) is 0 Å². The van der Waals surface area contributed by atoms with Gasteiger partial charge < -0.3 is 10.2 Å².